The molecule has 2 N–H and O–H groups in total. The van der Waals surface area contributed by atoms with Crippen LogP contribution >= 0.6 is 11.3 Å². The molecule has 40 heavy (non-hydrogen) atoms. The van der Waals surface area contributed by atoms with E-state index >= 15 is 0 Å². The summed E-state index contributed by atoms with van der Waals surface area (Å²) in [6.07, 6.45) is 0.415. The number of fused-ring (bicyclic) bond motifs is 1. The summed E-state index contributed by atoms with van der Waals surface area (Å²) in [6.45, 7) is 3.92. The molecule has 0 aliphatic carbocycles. The van der Waals surface area contributed by atoms with E-state index in [9.17, 15) is 14.0 Å². The summed E-state index contributed by atoms with van der Waals surface area (Å²) in [5, 5.41) is 10.9. The predicted octanol–water partition coefficient (Wildman–Crippen LogP) is 6.82. The van der Waals surface area contributed by atoms with Crippen molar-refractivity contribution in [2.75, 3.05) is 12.4 Å². The van der Waals surface area contributed by atoms with Crippen LogP contribution in [0.15, 0.2) is 77.3 Å². The minimum absolute atomic E-state index is 0.00256. The summed E-state index contributed by atoms with van der Waals surface area (Å²) in [5.74, 6) is -1.23. The van der Waals surface area contributed by atoms with Gasteiger partial charge >= 0.3 is 5.97 Å². The predicted molar refractivity (Wildman–Crippen MR) is 153 cm³/mol. The van der Waals surface area contributed by atoms with E-state index in [4.69, 9.17) is 9.26 Å². The molecule has 0 aliphatic heterocycles. The number of ether oxygens (including phenoxy) is 1. The number of rotatable bonds is 9. The second-order valence-electron chi connectivity index (χ2n) is 9.61. The number of nitrogens with zero attached hydrogens (tertiary/aromatic N) is 2. The highest BCUT2D eigenvalue weighted by Gasteiger charge is 2.29. The number of hydrogen-bond donors (Lipinski definition) is 2. The first-order valence-corrected chi connectivity index (χ1v) is 13.5. The molecule has 0 aliphatic rings. The van der Waals surface area contributed by atoms with Gasteiger partial charge in [-0.1, -0.05) is 72.8 Å². The molecule has 1 amide bonds. The average molecular weight is 559 g/mol. The monoisotopic (exact) mass is 558 g/mol. The second kappa shape index (κ2) is 11.7. The number of methoxy groups -OCH3 is 1. The lowest BCUT2D eigenvalue weighted by Crippen LogP contribution is -2.42. The first kappa shape index (κ1) is 27.0. The number of halogens is 1. The normalized spacial score (nSPS) is 11.9. The fourth-order valence-electron chi connectivity index (χ4n) is 4.35. The van der Waals surface area contributed by atoms with Crippen molar-refractivity contribution in [2.45, 2.75) is 26.3 Å². The number of aromatic nitrogens is 2. The van der Waals surface area contributed by atoms with Crippen LogP contribution in [0.1, 0.15) is 30.8 Å². The number of hydrogen-bond acceptors (Lipinski definition) is 8. The van der Waals surface area contributed by atoms with Crippen molar-refractivity contribution < 1.29 is 23.2 Å². The summed E-state index contributed by atoms with van der Waals surface area (Å²) in [5.41, 5.74) is 3.96. The van der Waals surface area contributed by atoms with E-state index < -0.39 is 17.9 Å². The van der Waals surface area contributed by atoms with Crippen LogP contribution in [0.3, 0.4) is 0 Å². The van der Waals surface area contributed by atoms with E-state index in [1.165, 1.54) is 30.6 Å². The minimum atomic E-state index is -0.820. The Morgan fingerprint density at radius 1 is 1.02 bits per heavy atom. The van der Waals surface area contributed by atoms with Crippen molar-refractivity contribution in [1.82, 2.24) is 15.5 Å². The quantitative estimate of drug-likeness (QED) is 0.191. The second-order valence-corrected chi connectivity index (χ2v) is 10.6. The molecule has 2 aromatic heterocycles. The van der Waals surface area contributed by atoms with Crippen LogP contribution in [-0.4, -0.2) is 35.2 Å². The number of esters is 1. The molecule has 0 spiro atoms. The highest BCUT2D eigenvalue weighted by molar-refractivity contribution is 7.22. The maximum atomic E-state index is 13.5. The molecular weight excluding hydrogens is 531 g/mol. The number of amides is 1. The number of nitrogens with one attached hydrogen (secondary N) is 2. The maximum absolute atomic E-state index is 13.5. The fourth-order valence-corrected chi connectivity index (χ4v) is 5.26. The maximum Gasteiger partial charge on any atom is 0.328 e. The lowest BCUT2D eigenvalue weighted by atomic mass is 9.98. The Balaban J connectivity index is 1.44. The van der Waals surface area contributed by atoms with Crippen molar-refractivity contribution in [3.05, 3.63) is 84.4 Å². The largest absolute Gasteiger partial charge is 0.467 e. The van der Waals surface area contributed by atoms with Crippen LogP contribution in [0.2, 0.25) is 0 Å². The molecule has 0 unspecified atom stereocenters. The lowest BCUT2D eigenvalue weighted by molar-refractivity contribution is -0.143. The van der Waals surface area contributed by atoms with Crippen LogP contribution in [0.5, 0.6) is 0 Å². The first-order valence-electron chi connectivity index (χ1n) is 12.7. The number of benzene rings is 3. The van der Waals surface area contributed by atoms with Crippen LogP contribution in [0.25, 0.3) is 32.6 Å². The first-order chi connectivity index (χ1) is 19.3. The van der Waals surface area contributed by atoms with Gasteiger partial charge in [0.25, 0.3) is 5.91 Å². The third kappa shape index (κ3) is 5.86. The number of anilines is 2. The molecule has 0 radical (unpaired) electrons. The van der Waals surface area contributed by atoms with Crippen molar-refractivity contribution in [2.24, 2.45) is 5.92 Å². The molecule has 0 bridgehead atoms. The highest BCUT2D eigenvalue weighted by Crippen LogP contribution is 2.36. The zero-order valence-electron chi connectivity index (χ0n) is 22.1. The fraction of sp³-hybridized carbons (Fsp3) is 0.200. The van der Waals surface area contributed by atoms with Crippen LogP contribution in [0.4, 0.5) is 15.2 Å². The standard InChI is InChI=1S/C30H27FN4O4S/c1-17(2)15-23(29(37)38-3)33-28(36)27-25(18-7-5-4-6-8-18)26(35-39-27)19-9-12-21(13-10-19)32-30-34-22-14-11-20(31)16-24(22)40-30/h4-14,16-17,23H,15H2,1-3H3,(H,32,34)(H,33,36)/t23-/m0/s1. The molecule has 5 aromatic rings. The Labute approximate surface area is 234 Å². The highest BCUT2D eigenvalue weighted by atomic mass is 32.1. The minimum Gasteiger partial charge on any atom is -0.467 e. The topological polar surface area (TPSA) is 106 Å². The van der Waals surface area contributed by atoms with E-state index in [1.807, 2.05) is 68.4 Å². The molecule has 0 saturated heterocycles. The smallest absolute Gasteiger partial charge is 0.328 e. The van der Waals surface area contributed by atoms with Gasteiger partial charge in [-0.2, -0.15) is 0 Å². The Kier molecular flexibility index (Phi) is 7.88. The summed E-state index contributed by atoms with van der Waals surface area (Å²) < 4.78 is 24.8. The molecule has 0 fully saturated rings. The molecule has 10 heteroatoms. The molecule has 5 rings (SSSR count). The van der Waals surface area contributed by atoms with Gasteiger partial charge < -0.3 is 19.9 Å². The number of carbonyl (C=O) groups excluding carboxylic acids is 2. The Bertz CT molecular complexity index is 1650. The van der Waals surface area contributed by atoms with E-state index in [0.29, 0.717) is 28.3 Å². The van der Waals surface area contributed by atoms with E-state index in [-0.39, 0.29) is 17.5 Å². The molecule has 2 heterocycles. The van der Waals surface area contributed by atoms with Gasteiger partial charge in [0.1, 0.15) is 17.6 Å². The lowest BCUT2D eigenvalue weighted by Gasteiger charge is -2.17. The molecule has 8 nitrogen and oxygen atoms in total. The Hall–Kier alpha value is -4.57. The van der Waals surface area contributed by atoms with Crippen LogP contribution in [-0.2, 0) is 9.53 Å². The van der Waals surface area contributed by atoms with Gasteiger partial charge in [0.05, 0.1) is 22.9 Å². The van der Waals surface area contributed by atoms with Crippen molar-refractivity contribution in [3.63, 3.8) is 0 Å². The van der Waals surface area contributed by atoms with Crippen molar-refractivity contribution in [1.29, 1.82) is 0 Å². The molecule has 204 valence electrons. The summed E-state index contributed by atoms with van der Waals surface area (Å²) >= 11 is 1.36. The number of carbonyl (C=O) groups is 2. The van der Waals surface area contributed by atoms with Crippen LogP contribution < -0.4 is 10.6 Å². The summed E-state index contributed by atoms with van der Waals surface area (Å²) in [7, 11) is 1.29. The van der Waals surface area contributed by atoms with E-state index in [2.05, 4.69) is 20.8 Å². The summed E-state index contributed by atoms with van der Waals surface area (Å²) in [6, 6.07) is 20.4. The molecule has 1 atom stereocenters. The van der Waals surface area contributed by atoms with E-state index in [1.54, 1.807) is 6.07 Å². The molecule has 0 saturated carbocycles. The van der Waals surface area contributed by atoms with Crippen molar-refractivity contribution in [3.8, 4) is 22.4 Å². The zero-order chi connectivity index (χ0) is 28.2. The van der Waals surface area contributed by atoms with Gasteiger partial charge in [-0.3, -0.25) is 4.79 Å². The Morgan fingerprint density at radius 3 is 2.48 bits per heavy atom. The van der Waals surface area contributed by atoms with Gasteiger partial charge in [0.2, 0.25) is 5.76 Å². The van der Waals surface area contributed by atoms with Gasteiger partial charge in [0, 0.05) is 11.3 Å². The van der Waals surface area contributed by atoms with Crippen molar-refractivity contribution >= 4 is 44.2 Å². The van der Waals surface area contributed by atoms with Gasteiger partial charge in [-0.25, -0.2) is 14.2 Å². The third-order valence-corrected chi connectivity index (χ3v) is 7.15. The van der Waals surface area contributed by atoms with Gasteiger partial charge in [-0.15, -0.1) is 0 Å². The molecule has 3 aromatic carbocycles. The SMILES string of the molecule is COC(=O)[C@H](CC(C)C)NC(=O)c1onc(-c2ccc(Nc3nc4ccc(F)cc4s3)cc2)c1-c1ccccc1. The number of thiazole rings is 1. The van der Waals surface area contributed by atoms with Gasteiger partial charge in [0.15, 0.2) is 5.13 Å². The molecular formula is C30H27FN4O4S. The van der Waals surface area contributed by atoms with Gasteiger partial charge in [-0.05, 0) is 48.2 Å². The average Bonchev–Trinajstić information content (AvgIpc) is 3.57. The Morgan fingerprint density at radius 2 is 1.77 bits per heavy atom. The zero-order valence-corrected chi connectivity index (χ0v) is 22.9. The van der Waals surface area contributed by atoms with E-state index in [0.717, 1.165) is 21.5 Å². The third-order valence-electron chi connectivity index (χ3n) is 6.22. The summed E-state index contributed by atoms with van der Waals surface area (Å²) in [4.78, 5) is 30.2. The van der Waals surface area contributed by atoms with Crippen LogP contribution in [0, 0.1) is 11.7 Å².